The Labute approximate surface area is 352 Å². The first-order chi connectivity index (χ1) is 29.1. The largest absolute Gasteiger partial charge is 0.507 e. The van der Waals surface area contributed by atoms with E-state index in [-0.39, 0.29) is 22.2 Å². The Hall–Kier alpha value is -7.28. The highest BCUT2D eigenvalue weighted by Crippen LogP contribution is 2.53. The maximum Gasteiger partial charge on any atom is 0.137 e. The Bertz CT molecular complexity index is 2820. The molecule has 0 unspecified atom stereocenters. The lowest BCUT2D eigenvalue weighted by Crippen LogP contribution is -2.44. The molecule has 0 aromatic heterocycles. The summed E-state index contributed by atoms with van der Waals surface area (Å²) >= 11 is 0. The van der Waals surface area contributed by atoms with Crippen LogP contribution in [0.3, 0.4) is 0 Å². The van der Waals surface area contributed by atoms with Gasteiger partial charge in [0.1, 0.15) is 35.0 Å². The molecule has 0 atom stereocenters. The quantitative estimate of drug-likeness (QED) is 0.128. The minimum atomic E-state index is -0.193. The molecule has 9 rings (SSSR count). The number of hydrogen-bond acceptors (Lipinski definition) is 6. The molecule has 3 heterocycles. The van der Waals surface area contributed by atoms with E-state index in [0.29, 0.717) is 22.7 Å². The molecule has 0 saturated heterocycles. The fourth-order valence-electron chi connectivity index (χ4n) is 9.18. The van der Waals surface area contributed by atoms with Crippen molar-refractivity contribution in [1.82, 2.24) is 0 Å². The third-order valence-electron chi connectivity index (χ3n) is 12.4. The number of hydrogen-bond donors (Lipinski definition) is 1. The average molecular weight is 783 g/mol. The molecule has 0 spiro atoms. The van der Waals surface area contributed by atoms with Gasteiger partial charge in [0, 0.05) is 57.6 Å². The highest BCUT2D eigenvalue weighted by molar-refractivity contribution is 6.18. The molecule has 6 aromatic carbocycles. The molecular formula is C54H46N4O2. The van der Waals surface area contributed by atoms with E-state index in [0.717, 1.165) is 75.7 Å². The van der Waals surface area contributed by atoms with Crippen LogP contribution in [0.5, 0.6) is 5.75 Å². The number of anilines is 4. The van der Waals surface area contributed by atoms with Crippen LogP contribution >= 0.6 is 0 Å². The first-order valence-electron chi connectivity index (χ1n) is 20.6. The van der Waals surface area contributed by atoms with Crippen LogP contribution in [0.1, 0.15) is 62.8 Å². The van der Waals surface area contributed by atoms with Gasteiger partial charge < -0.3 is 19.6 Å². The number of phenolic OH excluding ortho intramolecular Hbond substituents is 1. The molecule has 1 N–H and O–H groups in total. The van der Waals surface area contributed by atoms with Crippen LogP contribution in [0.25, 0.3) is 33.7 Å². The molecule has 0 aliphatic carbocycles. The number of para-hydroxylation sites is 2. The minimum absolute atomic E-state index is 0.0121. The number of allylic oxidation sites excluding steroid dienone is 6. The number of nitriles is 2. The first kappa shape index (κ1) is 38.2. The second-order valence-corrected chi connectivity index (χ2v) is 17.1. The molecule has 6 heteroatoms. The molecule has 0 saturated carbocycles. The van der Waals surface area contributed by atoms with Crippen molar-refractivity contribution >= 4 is 56.4 Å². The van der Waals surface area contributed by atoms with E-state index in [1.54, 1.807) is 12.2 Å². The van der Waals surface area contributed by atoms with Gasteiger partial charge in [-0.2, -0.15) is 10.5 Å². The lowest BCUT2D eigenvalue weighted by molar-refractivity contribution is 0.332. The summed E-state index contributed by atoms with van der Waals surface area (Å²) in [4.78, 5) is 4.76. The highest BCUT2D eigenvalue weighted by Gasteiger charge is 2.42. The number of benzene rings is 6. The number of fused-ring (bicyclic) bond motifs is 2. The molecule has 294 valence electrons. The second-order valence-electron chi connectivity index (χ2n) is 17.1. The van der Waals surface area contributed by atoms with Crippen LogP contribution in [-0.4, -0.2) is 18.2 Å². The van der Waals surface area contributed by atoms with E-state index < -0.39 is 0 Å². The van der Waals surface area contributed by atoms with E-state index in [1.165, 1.54) is 11.3 Å². The highest BCUT2D eigenvalue weighted by atomic mass is 16.5. The van der Waals surface area contributed by atoms with E-state index in [2.05, 4.69) is 159 Å². The predicted molar refractivity (Wildman–Crippen MR) is 245 cm³/mol. The molecule has 6 nitrogen and oxygen atoms in total. The van der Waals surface area contributed by atoms with Gasteiger partial charge in [0.05, 0.1) is 5.69 Å². The summed E-state index contributed by atoms with van der Waals surface area (Å²) in [5.74, 6) is 1.22. The van der Waals surface area contributed by atoms with Gasteiger partial charge >= 0.3 is 0 Å². The Morgan fingerprint density at radius 3 is 1.72 bits per heavy atom. The van der Waals surface area contributed by atoms with E-state index in [4.69, 9.17) is 4.74 Å². The van der Waals surface area contributed by atoms with Gasteiger partial charge in [0.2, 0.25) is 0 Å². The topological polar surface area (TPSA) is 83.5 Å². The zero-order valence-electron chi connectivity index (χ0n) is 34.4. The average Bonchev–Trinajstić information content (AvgIpc) is 3.26. The molecule has 6 aromatic rings. The number of aromatic hydroxyl groups is 1. The fourth-order valence-corrected chi connectivity index (χ4v) is 9.18. The molecule has 0 bridgehead atoms. The van der Waals surface area contributed by atoms with Crippen LogP contribution in [0, 0.1) is 22.7 Å². The van der Waals surface area contributed by atoms with E-state index >= 15 is 0 Å². The second kappa shape index (κ2) is 15.1. The predicted octanol–water partition coefficient (Wildman–Crippen LogP) is 13.2. The smallest absolute Gasteiger partial charge is 0.137 e. The molecule has 0 radical (unpaired) electrons. The van der Waals surface area contributed by atoms with Gasteiger partial charge in [0.25, 0.3) is 0 Å². The summed E-state index contributed by atoms with van der Waals surface area (Å²) in [5.41, 5.74) is 8.54. The van der Waals surface area contributed by atoms with Crippen LogP contribution in [0.4, 0.5) is 22.7 Å². The Balaban J connectivity index is 1.14. The third kappa shape index (κ3) is 6.71. The van der Waals surface area contributed by atoms with Crippen LogP contribution in [0.2, 0.25) is 0 Å². The maximum absolute atomic E-state index is 11.9. The van der Waals surface area contributed by atoms with Crippen molar-refractivity contribution in [2.45, 2.75) is 51.4 Å². The van der Waals surface area contributed by atoms with Gasteiger partial charge in [-0.1, -0.05) is 119 Å². The SMILES string of the molecule is CC1(C)CCN2CCC(C)(C)c3c(O)c(/C=C/C4=CC(=C(C#N)C#N)C=C(/C=C/c5c6ccccc6c(N(c6ccccc6)c6ccccc6)c6ccccc56)O4)cc1c32. The molecule has 3 aliphatic heterocycles. The number of rotatable bonds is 7. The fraction of sp³-hybridized carbons (Fsp3) is 0.185. The standard InChI is InChI=1S/C54H46N4O2/c1-53(2)27-29-57-30-28-54(3,4)49-51(57)48(53)33-36(52(49)59)23-24-41-31-37(38(34-55)35-56)32-42(60-41)25-26-45-43-19-11-13-21-46(43)50(47-22-14-12-20-44(45)47)58(39-15-7-5-8-16-39)40-17-9-6-10-18-40/h5-26,31-33,59H,27-30H2,1-4H3/b24-23+,26-25+. The monoisotopic (exact) mass is 782 g/mol. The van der Waals surface area contributed by atoms with E-state index in [1.807, 2.05) is 30.4 Å². The van der Waals surface area contributed by atoms with Gasteiger partial charge in [-0.3, -0.25) is 0 Å². The zero-order chi connectivity index (χ0) is 41.6. The van der Waals surface area contributed by atoms with Crippen LogP contribution < -0.4 is 9.80 Å². The Morgan fingerprint density at radius 2 is 1.17 bits per heavy atom. The molecule has 60 heavy (non-hydrogen) atoms. The Morgan fingerprint density at radius 1 is 0.667 bits per heavy atom. The minimum Gasteiger partial charge on any atom is -0.507 e. The number of ether oxygens (including phenoxy) is 1. The van der Waals surface area contributed by atoms with Crippen molar-refractivity contribution in [3.63, 3.8) is 0 Å². The van der Waals surface area contributed by atoms with Crippen LogP contribution in [-0.2, 0) is 15.6 Å². The van der Waals surface area contributed by atoms with Gasteiger partial charge in [0.15, 0.2) is 0 Å². The summed E-state index contributed by atoms with van der Waals surface area (Å²) in [6.45, 7) is 11.0. The van der Waals surface area contributed by atoms with Crippen molar-refractivity contribution in [2.75, 3.05) is 22.9 Å². The maximum atomic E-state index is 11.9. The van der Waals surface area contributed by atoms with Crippen molar-refractivity contribution < 1.29 is 9.84 Å². The Kier molecular flexibility index (Phi) is 9.66. The molecular weight excluding hydrogens is 737 g/mol. The van der Waals surface area contributed by atoms with Gasteiger partial charge in [-0.25, -0.2) is 0 Å². The lowest BCUT2D eigenvalue weighted by atomic mass is 9.68. The van der Waals surface area contributed by atoms with E-state index in [9.17, 15) is 15.6 Å². The number of phenols is 1. The summed E-state index contributed by atoms with van der Waals surface area (Å²) in [6, 6.07) is 44.1. The van der Waals surface area contributed by atoms with Crippen molar-refractivity contribution in [2.24, 2.45) is 0 Å². The van der Waals surface area contributed by atoms with Crippen molar-refractivity contribution in [1.29, 1.82) is 10.5 Å². The summed E-state index contributed by atoms with van der Waals surface area (Å²) in [5, 5.41) is 36.1. The molecule has 0 fully saturated rings. The van der Waals surface area contributed by atoms with Gasteiger partial charge in [-0.15, -0.1) is 0 Å². The zero-order valence-corrected chi connectivity index (χ0v) is 34.4. The molecule has 0 amide bonds. The van der Waals surface area contributed by atoms with Crippen molar-refractivity contribution in [3.05, 3.63) is 184 Å². The normalized spacial score (nSPS) is 16.5. The summed E-state index contributed by atoms with van der Waals surface area (Å²) < 4.78 is 6.52. The molecule has 3 aliphatic rings. The summed E-state index contributed by atoms with van der Waals surface area (Å²) in [6.07, 6.45) is 13.1. The number of nitrogens with zero attached hydrogens (tertiary/aromatic N) is 4. The third-order valence-corrected chi connectivity index (χ3v) is 12.4. The lowest BCUT2D eigenvalue weighted by Gasteiger charge is -2.48. The first-order valence-corrected chi connectivity index (χ1v) is 20.6. The van der Waals surface area contributed by atoms with Crippen molar-refractivity contribution in [3.8, 4) is 17.9 Å². The summed E-state index contributed by atoms with van der Waals surface area (Å²) in [7, 11) is 0. The van der Waals surface area contributed by atoms with Crippen LogP contribution in [0.15, 0.2) is 162 Å². The van der Waals surface area contributed by atoms with Gasteiger partial charge in [-0.05, 0) is 106 Å².